The Labute approximate surface area is 124 Å². The fraction of sp³-hybridized carbons (Fsp3) is 0.231. The number of nitrogens with one attached hydrogen (secondary N) is 1. The van der Waals surface area contributed by atoms with E-state index in [4.69, 9.17) is 16.1 Å². The molecular weight excluding hydrogens is 294 g/mol. The lowest BCUT2D eigenvalue weighted by molar-refractivity contribution is -0.121. The lowest BCUT2D eigenvalue weighted by atomic mass is 10.2. The number of aromatic nitrogens is 4. The lowest BCUT2D eigenvalue weighted by Crippen LogP contribution is -2.24. The number of halogens is 1. The highest BCUT2D eigenvalue weighted by atomic mass is 35.5. The second-order valence-corrected chi connectivity index (χ2v) is 4.83. The van der Waals surface area contributed by atoms with Crippen molar-refractivity contribution >= 4 is 23.2 Å². The van der Waals surface area contributed by atoms with Crippen molar-refractivity contribution in [3.05, 3.63) is 47.2 Å². The summed E-state index contributed by atoms with van der Waals surface area (Å²) in [4.78, 5) is 15.9. The molecule has 0 saturated carbocycles. The second-order valence-electron chi connectivity index (χ2n) is 4.44. The van der Waals surface area contributed by atoms with E-state index in [1.165, 1.54) is 6.33 Å². The van der Waals surface area contributed by atoms with E-state index in [2.05, 4.69) is 20.6 Å². The molecule has 0 bridgehead atoms. The number of amides is 1. The first-order valence-corrected chi connectivity index (χ1v) is 6.75. The van der Waals surface area contributed by atoms with Gasteiger partial charge in [-0.3, -0.25) is 4.79 Å². The van der Waals surface area contributed by atoms with Crippen molar-refractivity contribution < 1.29 is 9.32 Å². The minimum atomic E-state index is -0.0837. The van der Waals surface area contributed by atoms with Crippen LogP contribution < -0.4 is 5.32 Å². The molecule has 108 valence electrons. The maximum Gasteiger partial charge on any atom is 0.220 e. The Bertz CT molecular complexity index is 767. The normalized spacial score (nSPS) is 10.9. The Balaban J connectivity index is 1.55. The Hall–Kier alpha value is -2.41. The number of pyridine rings is 1. The minimum absolute atomic E-state index is 0.0837. The molecular formula is C13H12ClN5O2. The zero-order valence-corrected chi connectivity index (χ0v) is 11.7. The van der Waals surface area contributed by atoms with Gasteiger partial charge in [0.2, 0.25) is 5.91 Å². The maximum absolute atomic E-state index is 11.8. The standard InChI is InChI=1S/C13H12ClN5O2/c14-11-6-10(21-18-11)4-5-13(20)15-7-9-2-1-3-12-16-8-17-19(9)12/h1-3,6,8H,4-5,7H2,(H,15,20). The van der Waals surface area contributed by atoms with E-state index in [0.29, 0.717) is 30.3 Å². The molecule has 1 N–H and O–H groups in total. The van der Waals surface area contributed by atoms with Gasteiger partial charge in [-0.25, -0.2) is 9.50 Å². The number of carbonyl (C=O) groups is 1. The minimum Gasteiger partial charge on any atom is -0.360 e. The summed E-state index contributed by atoms with van der Waals surface area (Å²) in [6, 6.07) is 7.22. The van der Waals surface area contributed by atoms with Crippen LogP contribution in [0.3, 0.4) is 0 Å². The van der Waals surface area contributed by atoms with Crippen LogP contribution >= 0.6 is 11.6 Å². The zero-order valence-electron chi connectivity index (χ0n) is 11.0. The van der Waals surface area contributed by atoms with Crippen molar-refractivity contribution in [1.29, 1.82) is 0 Å². The van der Waals surface area contributed by atoms with Crippen LogP contribution in [0.1, 0.15) is 17.9 Å². The Morgan fingerprint density at radius 3 is 3.14 bits per heavy atom. The van der Waals surface area contributed by atoms with Crippen LogP contribution in [-0.4, -0.2) is 25.7 Å². The van der Waals surface area contributed by atoms with Gasteiger partial charge >= 0.3 is 0 Å². The fourth-order valence-corrected chi connectivity index (χ4v) is 2.11. The van der Waals surface area contributed by atoms with E-state index in [0.717, 1.165) is 11.3 Å². The van der Waals surface area contributed by atoms with Crippen molar-refractivity contribution in [2.45, 2.75) is 19.4 Å². The quantitative estimate of drug-likeness (QED) is 0.774. The van der Waals surface area contributed by atoms with E-state index in [-0.39, 0.29) is 5.91 Å². The van der Waals surface area contributed by atoms with Crippen LogP contribution in [0.15, 0.2) is 35.1 Å². The van der Waals surface area contributed by atoms with Gasteiger partial charge in [0.25, 0.3) is 0 Å². The molecule has 7 nitrogen and oxygen atoms in total. The number of hydrogen-bond acceptors (Lipinski definition) is 5. The highest BCUT2D eigenvalue weighted by Gasteiger charge is 2.08. The highest BCUT2D eigenvalue weighted by molar-refractivity contribution is 6.29. The van der Waals surface area contributed by atoms with Gasteiger partial charge in [0.15, 0.2) is 10.8 Å². The third-order valence-corrected chi connectivity index (χ3v) is 3.15. The summed E-state index contributed by atoms with van der Waals surface area (Å²) in [5.74, 6) is 0.508. The van der Waals surface area contributed by atoms with Crippen molar-refractivity contribution in [1.82, 2.24) is 25.1 Å². The smallest absolute Gasteiger partial charge is 0.220 e. The van der Waals surface area contributed by atoms with Crippen LogP contribution in [-0.2, 0) is 17.8 Å². The molecule has 3 aromatic heterocycles. The van der Waals surface area contributed by atoms with Gasteiger partial charge in [-0.05, 0) is 12.1 Å². The molecule has 0 aliphatic heterocycles. The third kappa shape index (κ3) is 3.19. The molecule has 3 heterocycles. The maximum atomic E-state index is 11.8. The number of hydrogen-bond donors (Lipinski definition) is 1. The van der Waals surface area contributed by atoms with Gasteiger partial charge in [0.1, 0.15) is 12.1 Å². The predicted molar refractivity (Wildman–Crippen MR) is 74.7 cm³/mol. The van der Waals surface area contributed by atoms with E-state index >= 15 is 0 Å². The number of nitrogens with zero attached hydrogens (tertiary/aromatic N) is 4. The lowest BCUT2D eigenvalue weighted by Gasteiger charge is -2.06. The average Bonchev–Trinajstić information content (AvgIpc) is 3.11. The SMILES string of the molecule is O=C(CCc1cc(Cl)no1)NCc1cccc2ncnn12. The molecule has 0 saturated heterocycles. The first kappa shape index (κ1) is 13.6. The van der Waals surface area contributed by atoms with Gasteiger partial charge in [0, 0.05) is 18.9 Å². The van der Waals surface area contributed by atoms with Crippen LogP contribution in [0.2, 0.25) is 5.15 Å². The summed E-state index contributed by atoms with van der Waals surface area (Å²) in [6.45, 7) is 0.386. The van der Waals surface area contributed by atoms with E-state index < -0.39 is 0 Å². The van der Waals surface area contributed by atoms with Crippen molar-refractivity contribution in [3.8, 4) is 0 Å². The zero-order chi connectivity index (χ0) is 14.7. The molecule has 0 spiro atoms. The average molecular weight is 306 g/mol. The molecule has 0 atom stereocenters. The van der Waals surface area contributed by atoms with Gasteiger partial charge in [-0.1, -0.05) is 22.8 Å². The molecule has 0 aliphatic carbocycles. The summed E-state index contributed by atoms with van der Waals surface area (Å²) in [5, 5.41) is 10.8. The Kier molecular flexibility index (Phi) is 3.83. The molecule has 3 rings (SSSR count). The molecule has 0 fully saturated rings. The summed E-state index contributed by atoms with van der Waals surface area (Å²) in [7, 11) is 0. The predicted octanol–water partition coefficient (Wildman–Crippen LogP) is 1.62. The molecule has 8 heteroatoms. The Morgan fingerprint density at radius 2 is 2.33 bits per heavy atom. The molecule has 21 heavy (non-hydrogen) atoms. The largest absolute Gasteiger partial charge is 0.360 e. The summed E-state index contributed by atoms with van der Waals surface area (Å²) in [6.07, 6.45) is 2.24. The highest BCUT2D eigenvalue weighted by Crippen LogP contribution is 2.10. The Morgan fingerprint density at radius 1 is 1.43 bits per heavy atom. The van der Waals surface area contributed by atoms with Gasteiger partial charge in [-0.15, -0.1) is 0 Å². The number of carbonyl (C=O) groups excluding carboxylic acids is 1. The molecule has 0 aliphatic rings. The van der Waals surface area contributed by atoms with Gasteiger partial charge in [-0.2, -0.15) is 5.10 Å². The van der Waals surface area contributed by atoms with Crippen LogP contribution in [0, 0.1) is 0 Å². The van der Waals surface area contributed by atoms with Crippen LogP contribution in [0.25, 0.3) is 5.65 Å². The van der Waals surface area contributed by atoms with Gasteiger partial charge in [0.05, 0.1) is 12.2 Å². The molecule has 0 radical (unpaired) electrons. The molecule has 3 aromatic rings. The third-order valence-electron chi connectivity index (χ3n) is 2.98. The first-order chi connectivity index (χ1) is 10.2. The first-order valence-electron chi connectivity index (χ1n) is 6.38. The molecule has 0 unspecified atom stereocenters. The van der Waals surface area contributed by atoms with E-state index in [1.807, 2.05) is 18.2 Å². The van der Waals surface area contributed by atoms with E-state index in [1.54, 1.807) is 10.6 Å². The van der Waals surface area contributed by atoms with Crippen molar-refractivity contribution in [2.24, 2.45) is 0 Å². The summed E-state index contributed by atoms with van der Waals surface area (Å²) < 4.78 is 6.63. The number of fused-ring (bicyclic) bond motifs is 1. The van der Waals surface area contributed by atoms with Crippen LogP contribution in [0.5, 0.6) is 0 Å². The van der Waals surface area contributed by atoms with Crippen molar-refractivity contribution in [2.75, 3.05) is 0 Å². The van der Waals surface area contributed by atoms with E-state index in [9.17, 15) is 4.79 Å². The van der Waals surface area contributed by atoms with Crippen LogP contribution in [0.4, 0.5) is 0 Å². The second kappa shape index (κ2) is 5.92. The molecule has 1 amide bonds. The number of rotatable bonds is 5. The van der Waals surface area contributed by atoms with Gasteiger partial charge < -0.3 is 9.84 Å². The summed E-state index contributed by atoms with van der Waals surface area (Å²) >= 11 is 5.64. The fourth-order valence-electron chi connectivity index (χ4n) is 1.95. The molecule has 0 aromatic carbocycles. The summed E-state index contributed by atoms with van der Waals surface area (Å²) in [5.41, 5.74) is 1.61. The number of aryl methyl sites for hydroxylation is 1. The topological polar surface area (TPSA) is 85.3 Å². The van der Waals surface area contributed by atoms with Crippen molar-refractivity contribution in [3.63, 3.8) is 0 Å². The monoisotopic (exact) mass is 305 g/mol.